The summed E-state index contributed by atoms with van der Waals surface area (Å²) in [6.45, 7) is 0.317. The van der Waals surface area contributed by atoms with Crippen LogP contribution in [0, 0.1) is 15.5 Å². The van der Waals surface area contributed by atoms with Crippen LogP contribution < -0.4 is 4.72 Å². The van der Waals surface area contributed by atoms with Crippen molar-refractivity contribution in [2.45, 2.75) is 0 Å². The fourth-order valence-corrected chi connectivity index (χ4v) is 0.883. The van der Waals surface area contributed by atoms with Crippen molar-refractivity contribution in [2.24, 2.45) is 0 Å². The quantitative estimate of drug-likeness (QED) is 0.313. The van der Waals surface area contributed by atoms with Gasteiger partial charge in [0, 0.05) is 0 Å². The number of nitrogens with zero attached hydrogens (tertiary/aromatic N) is 1. The molecule has 0 fully saturated rings. The summed E-state index contributed by atoms with van der Waals surface area (Å²) in [5.41, 5.74) is 0.120. The van der Waals surface area contributed by atoms with Crippen LogP contribution in [0.3, 0.4) is 0 Å². The van der Waals surface area contributed by atoms with Gasteiger partial charge in [0.1, 0.15) is 5.41 Å². The number of nitro groups is 1. The molecular weight excluding hydrogens is 128 g/mol. The van der Waals surface area contributed by atoms with Gasteiger partial charge in [0.05, 0.1) is 11.5 Å². The fraction of sp³-hybridized carbons (Fsp3) is 0.333. The normalized spacial score (nSPS) is 18.2. The Labute approximate surface area is 50.2 Å². The molecule has 0 aromatic heterocycles. The SMILES string of the molecule is O=[N+]([O-])C1=[C]SNC1. The van der Waals surface area contributed by atoms with E-state index in [1.807, 2.05) is 0 Å². The van der Waals surface area contributed by atoms with Gasteiger partial charge in [-0.2, -0.15) is 0 Å². The molecule has 1 aliphatic heterocycles. The number of nitrogens with one attached hydrogen (secondary N) is 1. The van der Waals surface area contributed by atoms with E-state index in [1.54, 1.807) is 0 Å². The van der Waals surface area contributed by atoms with Gasteiger partial charge in [-0.1, -0.05) is 0 Å². The van der Waals surface area contributed by atoms with E-state index in [2.05, 4.69) is 10.1 Å². The highest BCUT2D eigenvalue weighted by atomic mass is 32.2. The smallest absolute Gasteiger partial charge is 0.259 e. The first kappa shape index (κ1) is 5.58. The molecule has 1 heterocycles. The van der Waals surface area contributed by atoms with Crippen LogP contribution in [0.15, 0.2) is 5.70 Å². The van der Waals surface area contributed by atoms with E-state index in [1.165, 1.54) is 0 Å². The number of rotatable bonds is 1. The largest absolute Gasteiger partial charge is 0.276 e. The molecule has 1 aliphatic rings. The Morgan fingerprint density at radius 3 is 3.00 bits per heavy atom. The minimum absolute atomic E-state index is 0.120. The van der Waals surface area contributed by atoms with Crippen molar-refractivity contribution in [1.82, 2.24) is 4.72 Å². The Morgan fingerprint density at radius 1 is 2.00 bits per heavy atom. The molecule has 0 saturated heterocycles. The maximum absolute atomic E-state index is 9.85. The summed E-state index contributed by atoms with van der Waals surface area (Å²) >= 11 is 1.13. The molecule has 1 rings (SSSR count). The molecule has 0 aliphatic carbocycles. The molecule has 0 aromatic carbocycles. The molecule has 0 saturated carbocycles. The summed E-state index contributed by atoms with van der Waals surface area (Å²) in [6.07, 6.45) is 0. The van der Waals surface area contributed by atoms with Crippen molar-refractivity contribution in [3.8, 4) is 0 Å². The Kier molecular flexibility index (Phi) is 1.50. The lowest BCUT2D eigenvalue weighted by Crippen LogP contribution is -2.06. The molecule has 0 unspecified atom stereocenters. The highest BCUT2D eigenvalue weighted by molar-refractivity contribution is 7.99. The lowest BCUT2D eigenvalue weighted by Gasteiger charge is -1.84. The molecule has 0 spiro atoms. The Hall–Kier alpha value is -0.550. The molecule has 0 aromatic rings. The van der Waals surface area contributed by atoms with Crippen LogP contribution in [0.1, 0.15) is 0 Å². The zero-order valence-electron chi connectivity index (χ0n) is 3.88. The van der Waals surface area contributed by atoms with Crippen molar-refractivity contribution in [3.05, 3.63) is 21.2 Å². The predicted octanol–water partition coefficient (Wildman–Crippen LogP) is 0.159. The van der Waals surface area contributed by atoms with E-state index >= 15 is 0 Å². The van der Waals surface area contributed by atoms with Gasteiger partial charge in [-0.05, 0) is 11.9 Å². The van der Waals surface area contributed by atoms with Gasteiger partial charge in [0.2, 0.25) is 0 Å². The zero-order chi connectivity index (χ0) is 5.98. The monoisotopic (exact) mass is 131 g/mol. The zero-order valence-corrected chi connectivity index (χ0v) is 4.70. The van der Waals surface area contributed by atoms with Gasteiger partial charge < -0.3 is 0 Å². The van der Waals surface area contributed by atoms with Crippen LogP contribution in [0.25, 0.3) is 0 Å². The third kappa shape index (κ3) is 0.988. The lowest BCUT2D eigenvalue weighted by molar-refractivity contribution is -0.425. The first-order chi connectivity index (χ1) is 3.80. The van der Waals surface area contributed by atoms with Gasteiger partial charge in [-0.3, -0.25) is 10.1 Å². The average Bonchev–Trinajstić information content (AvgIpc) is 2.12. The molecule has 43 valence electrons. The molecule has 8 heavy (non-hydrogen) atoms. The molecule has 1 radical (unpaired) electrons. The maximum Gasteiger partial charge on any atom is 0.276 e. The highest BCUT2D eigenvalue weighted by Gasteiger charge is 2.15. The van der Waals surface area contributed by atoms with E-state index in [-0.39, 0.29) is 5.70 Å². The minimum Gasteiger partial charge on any atom is -0.259 e. The van der Waals surface area contributed by atoms with Crippen LogP contribution >= 0.6 is 11.9 Å². The number of hydrogen-bond donors (Lipinski definition) is 1. The summed E-state index contributed by atoms with van der Waals surface area (Å²) in [7, 11) is 0. The first-order valence-corrected chi connectivity index (χ1v) is 2.77. The van der Waals surface area contributed by atoms with Crippen LogP contribution in [-0.2, 0) is 0 Å². The van der Waals surface area contributed by atoms with Crippen molar-refractivity contribution in [3.63, 3.8) is 0 Å². The summed E-state index contributed by atoms with van der Waals surface area (Å²) in [5, 5.41) is 12.3. The lowest BCUT2D eigenvalue weighted by atomic mass is 10.5. The molecule has 0 bridgehead atoms. The minimum atomic E-state index is -0.438. The topological polar surface area (TPSA) is 55.2 Å². The van der Waals surface area contributed by atoms with Crippen molar-refractivity contribution < 1.29 is 4.92 Å². The Balaban J connectivity index is 2.57. The second kappa shape index (κ2) is 2.15. The second-order valence-corrected chi connectivity index (χ2v) is 1.93. The summed E-state index contributed by atoms with van der Waals surface area (Å²) < 4.78 is 2.68. The van der Waals surface area contributed by atoms with E-state index in [0.29, 0.717) is 6.54 Å². The van der Waals surface area contributed by atoms with E-state index < -0.39 is 4.92 Å². The number of hydrogen-bond acceptors (Lipinski definition) is 4. The average molecular weight is 131 g/mol. The fourth-order valence-electron chi connectivity index (χ4n) is 0.337. The summed E-state index contributed by atoms with van der Waals surface area (Å²) in [4.78, 5) is 9.42. The third-order valence-corrected chi connectivity index (χ3v) is 1.33. The van der Waals surface area contributed by atoms with Gasteiger partial charge in [-0.25, -0.2) is 4.72 Å². The van der Waals surface area contributed by atoms with Crippen molar-refractivity contribution in [1.29, 1.82) is 0 Å². The second-order valence-electron chi connectivity index (χ2n) is 1.23. The van der Waals surface area contributed by atoms with Crippen LogP contribution in [0.4, 0.5) is 0 Å². The molecule has 0 atom stereocenters. The molecule has 5 heteroatoms. The predicted molar refractivity (Wildman–Crippen MR) is 29.3 cm³/mol. The molecular formula is C3H3N2O2S. The highest BCUT2D eigenvalue weighted by Crippen LogP contribution is 2.09. The van der Waals surface area contributed by atoms with Gasteiger partial charge in [0.15, 0.2) is 0 Å². The summed E-state index contributed by atoms with van der Waals surface area (Å²) in [5.74, 6) is 0. The van der Waals surface area contributed by atoms with E-state index in [0.717, 1.165) is 11.9 Å². The Bertz CT molecular complexity index is 144. The first-order valence-electron chi connectivity index (χ1n) is 1.95. The van der Waals surface area contributed by atoms with E-state index in [4.69, 9.17) is 0 Å². The molecule has 1 N–H and O–H groups in total. The van der Waals surface area contributed by atoms with Crippen LogP contribution in [0.2, 0.25) is 0 Å². The van der Waals surface area contributed by atoms with E-state index in [9.17, 15) is 10.1 Å². The van der Waals surface area contributed by atoms with Gasteiger partial charge in [-0.15, -0.1) is 0 Å². The molecule has 4 nitrogen and oxygen atoms in total. The third-order valence-electron chi connectivity index (χ3n) is 0.701. The van der Waals surface area contributed by atoms with Gasteiger partial charge >= 0.3 is 0 Å². The molecule has 0 amide bonds. The summed E-state index contributed by atoms with van der Waals surface area (Å²) in [6, 6.07) is 0. The maximum atomic E-state index is 9.85. The standard InChI is InChI=1S/C3H3N2O2S/c6-5(7)3-1-4-8-2-3/h4H,1H2. The Morgan fingerprint density at radius 2 is 2.75 bits per heavy atom. The van der Waals surface area contributed by atoms with Crippen molar-refractivity contribution in [2.75, 3.05) is 6.54 Å². The van der Waals surface area contributed by atoms with Crippen LogP contribution in [-0.4, -0.2) is 11.5 Å². The van der Waals surface area contributed by atoms with Crippen molar-refractivity contribution >= 4 is 11.9 Å². The van der Waals surface area contributed by atoms with Gasteiger partial charge in [0.25, 0.3) is 5.70 Å². The van der Waals surface area contributed by atoms with Crippen LogP contribution in [0.5, 0.6) is 0 Å².